The molecule has 1 aromatic heterocycles. The molecule has 1 aliphatic rings. The molecule has 0 saturated heterocycles. The summed E-state index contributed by atoms with van der Waals surface area (Å²) in [5, 5.41) is 8.18. The van der Waals surface area contributed by atoms with Crippen molar-refractivity contribution in [2.45, 2.75) is 42.9 Å². The van der Waals surface area contributed by atoms with Crippen LogP contribution in [0.25, 0.3) is 0 Å². The third kappa shape index (κ3) is 6.05. The maximum Gasteiger partial charge on any atom is 0.280 e. The van der Waals surface area contributed by atoms with Crippen LogP contribution in [0.4, 0.5) is 5.13 Å². The molecule has 1 atom stereocenters. The van der Waals surface area contributed by atoms with E-state index in [1.165, 1.54) is 29.1 Å². The second kappa shape index (κ2) is 9.34. The van der Waals surface area contributed by atoms with Crippen LogP contribution in [0.3, 0.4) is 0 Å². The average Bonchev–Trinajstić information content (AvgIpc) is 3.36. The average molecular weight is 406 g/mol. The van der Waals surface area contributed by atoms with E-state index in [9.17, 15) is 4.79 Å². The second-order valence-corrected chi connectivity index (χ2v) is 8.99. The monoisotopic (exact) mass is 405 g/mol. The number of nitrogens with one attached hydrogen (secondary N) is 1. The molecule has 8 heteroatoms. The molecule has 0 radical (unpaired) electrons. The summed E-state index contributed by atoms with van der Waals surface area (Å²) >= 11 is 3.29. The third-order valence-corrected chi connectivity index (χ3v) is 5.91. The van der Waals surface area contributed by atoms with Gasteiger partial charge in [-0.1, -0.05) is 17.3 Å². The Balaban J connectivity index is 1.77. The number of aromatic nitrogens is 1. The molecule has 1 N–H and O–H groups in total. The molecule has 2 aromatic rings. The van der Waals surface area contributed by atoms with Gasteiger partial charge in [-0.25, -0.2) is 4.98 Å². The zero-order valence-electron chi connectivity index (χ0n) is 15.6. The lowest BCUT2D eigenvalue weighted by molar-refractivity contribution is -0.110. The number of hydrogen-bond acceptors (Lipinski definition) is 7. The highest BCUT2D eigenvalue weighted by molar-refractivity contribution is 8.00. The van der Waals surface area contributed by atoms with E-state index in [1.54, 1.807) is 13.3 Å². The van der Waals surface area contributed by atoms with Crippen LogP contribution in [-0.2, 0) is 14.4 Å². The molecule has 1 aliphatic carbocycles. The molecular weight excluding hydrogens is 382 g/mol. The Labute approximate surface area is 167 Å². The first-order valence-electron chi connectivity index (χ1n) is 8.78. The summed E-state index contributed by atoms with van der Waals surface area (Å²) in [4.78, 5) is 24.6. The molecule has 1 aromatic carbocycles. The number of nitrogens with zero attached hydrogens (tertiary/aromatic N) is 2. The number of carbonyl (C=O) groups is 1. The number of oxime groups is 1. The highest BCUT2D eigenvalue weighted by Crippen LogP contribution is 2.39. The van der Waals surface area contributed by atoms with E-state index in [1.807, 2.05) is 49.9 Å². The molecule has 1 fully saturated rings. The molecule has 0 bridgehead atoms. The Morgan fingerprint density at radius 2 is 2.15 bits per heavy atom. The van der Waals surface area contributed by atoms with Gasteiger partial charge < -0.3 is 9.57 Å². The fourth-order valence-electron chi connectivity index (χ4n) is 2.27. The number of amides is 1. The third-order valence-electron chi connectivity index (χ3n) is 3.74. The van der Waals surface area contributed by atoms with Crippen molar-refractivity contribution in [3.8, 4) is 0 Å². The van der Waals surface area contributed by atoms with Gasteiger partial charge in [0.05, 0.1) is 6.61 Å². The van der Waals surface area contributed by atoms with Gasteiger partial charge in [-0.05, 0) is 38.8 Å². The van der Waals surface area contributed by atoms with Crippen LogP contribution in [0.2, 0.25) is 0 Å². The fraction of sp³-hybridized carbons (Fsp3) is 0.421. The number of rotatable bonds is 9. The van der Waals surface area contributed by atoms with E-state index in [4.69, 9.17) is 9.57 Å². The minimum atomic E-state index is -0.350. The van der Waals surface area contributed by atoms with Gasteiger partial charge in [-0.15, -0.1) is 23.1 Å². The van der Waals surface area contributed by atoms with E-state index in [0.29, 0.717) is 17.3 Å². The number of carbonyl (C=O) groups excluding carboxylic acids is 1. The number of anilines is 1. The van der Waals surface area contributed by atoms with Gasteiger partial charge in [0.1, 0.15) is 6.10 Å². The van der Waals surface area contributed by atoms with Gasteiger partial charge >= 0.3 is 0 Å². The number of thioether (sulfide) groups is 1. The molecule has 0 spiro atoms. The zero-order chi connectivity index (χ0) is 19.2. The number of methoxy groups -OCH3 is 1. The number of hydrogen-bond donors (Lipinski definition) is 1. The predicted molar refractivity (Wildman–Crippen MR) is 110 cm³/mol. The molecule has 6 nitrogen and oxygen atoms in total. The van der Waals surface area contributed by atoms with Crippen molar-refractivity contribution >= 4 is 39.8 Å². The Morgan fingerprint density at radius 3 is 2.74 bits per heavy atom. The lowest BCUT2D eigenvalue weighted by atomic mass is 10.1. The van der Waals surface area contributed by atoms with Gasteiger partial charge in [0, 0.05) is 33.9 Å². The quantitative estimate of drug-likeness (QED) is 0.502. The highest BCUT2D eigenvalue weighted by Gasteiger charge is 2.23. The number of aryl methyl sites for hydroxylation is 1. The second-order valence-electron chi connectivity index (χ2n) is 6.38. The van der Waals surface area contributed by atoms with Crippen LogP contribution in [0, 0.1) is 6.92 Å². The first-order chi connectivity index (χ1) is 13.0. The highest BCUT2D eigenvalue weighted by atomic mass is 32.2. The van der Waals surface area contributed by atoms with Gasteiger partial charge in [-0.3, -0.25) is 10.1 Å². The molecule has 3 rings (SSSR count). The summed E-state index contributed by atoms with van der Waals surface area (Å²) in [5.74, 6) is -0.350. The maximum atomic E-state index is 12.8. The van der Waals surface area contributed by atoms with Crippen molar-refractivity contribution in [3.63, 3.8) is 0 Å². The summed E-state index contributed by atoms with van der Waals surface area (Å²) in [6.07, 6.45) is 4.02. The molecule has 0 aliphatic heterocycles. The summed E-state index contributed by atoms with van der Waals surface area (Å²) < 4.78 is 5.05. The van der Waals surface area contributed by atoms with E-state index in [2.05, 4.69) is 15.5 Å². The first-order valence-corrected chi connectivity index (χ1v) is 10.5. The number of benzene rings is 1. The van der Waals surface area contributed by atoms with Gasteiger partial charge in [0.25, 0.3) is 5.91 Å². The first kappa shape index (κ1) is 19.9. The minimum Gasteiger partial charge on any atom is -0.390 e. The predicted octanol–water partition coefficient (Wildman–Crippen LogP) is 4.10. The fourth-order valence-corrected chi connectivity index (χ4v) is 3.98. The SMILES string of the molecule is COCC(C)O/N=C(/C(=O)Nc1ncc(C)s1)c1ccc(SC2CC2)cc1. The molecule has 1 amide bonds. The van der Waals surface area contributed by atoms with Crippen LogP contribution in [0.1, 0.15) is 30.2 Å². The van der Waals surface area contributed by atoms with Crippen LogP contribution < -0.4 is 5.32 Å². The number of thiazole rings is 1. The van der Waals surface area contributed by atoms with E-state index >= 15 is 0 Å². The Morgan fingerprint density at radius 1 is 1.41 bits per heavy atom. The summed E-state index contributed by atoms with van der Waals surface area (Å²) in [6.45, 7) is 4.16. The lowest BCUT2D eigenvalue weighted by Crippen LogP contribution is -2.25. The molecule has 1 unspecified atom stereocenters. The van der Waals surface area contributed by atoms with E-state index in [0.717, 1.165) is 10.1 Å². The lowest BCUT2D eigenvalue weighted by Gasteiger charge is -2.11. The van der Waals surface area contributed by atoms with Crippen molar-refractivity contribution in [1.29, 1.82) is 0 Å². The Kier molecular flexibility index (Phi) is 6.87. The van der Waals surface area contributed by atoms with E-state index < -0.39 is 0 Å². The topological polar surface area (TPSA) is 72.8 Å². The number of ether oxygens (including phenoxy) is 1. The van der Waals surface area contributed by atoms with Crippen LogP contribution in [-0.4, -0.2) is 41.7 Å². The van der Waals surface area contributed by atoms with Crippen LogP contribution in [0.5, 0.6) is 0 Å². The summed E-state index contributed by atoms with van der Waals surface area (Å²) in [7, 11) is 1.60. The van der Waals surface area contributed by atoms with Gasteiger partial charge in [-0.2, -0.15) is 0 Å². The van der Waals surface area contributed by atoms with E-state index in [-0.39, 0.29) is 17.7 Å². The Bertz CT molecular complexity index is 801. The van der Waals surface area contributed by atoms with Crippen molar-refractivity contribution in [3.05, 3.63) is 40.9 Å². The summed E-state index contributed by atoms with van der Waals surface area (Å²) in [5.41, 5.74) is 0.916. The van der Waals surface area contributed by atoms with Crippen molar-refractivity contribution in [2.75, 3.05) is 19.0 Å². The Hall–Kier alpha value is -1.90. The molecule has 1 heterocycles. The molecular formula is C19H23N3O3S2. The van der Waals surface area contributed by atoms with Crippen LogP contribution in [0.15, 0.2) is 40.5 Å². The largest absolute Gasteiger partial charge is 0.390 e. The van der Waals surface area contributed by atoms with Crippen LogP contribution >= 0.6 is 23.1 Å². The molecule has 27 heavy (non-hydrogen) atoms. The standard InChI is InChI=1S/C19H23N3O3S2/c1-12(11-24-3)25-22-17(18(23)21-19-20-10-13(2)26-19)14-4-6-15(7-5-14)27-16-8-9-16/h4-7,10,12,16H,8-9,11H2,1-3H3,(H,20,21,23)/b22-17+. The van der Waals surface area contributed by atoms with Gasteiger partial charge in [0.2, 0.25) is 0 Å². The maximum absolute atomic E-state index is 12.8. The zero-order valence-corrected chi connectivity index (χ0v) is 17.2. The van der Waals surface area contributed by atoms with Crippen molar-refractivity contribution in [1.82, 2.24) is 4.98 Å². The van der Waals surface area contributed by atoms with Gasteiger partial charge in [0.15, 0.2) is 10.8 Å². The smallest absolute Gasteiger partial charge is 0.280 e. The van der Waals surface area contributed by atoms with Crippen molar-refractivity contribution < 1.29 is 14.4 Å². The summed E-state index contributed by atoms with van der Waals surface area (Å²) in [6, 6.07) is 7.85. The van der Waals surface area contributed by atoms with Crippen molar-refractivity contribution in [2.24, 2.45) is 5.16 Å². The normalized spacial score (nSPS) is 15.4. The molecule has 144 valence electrons. The molecule has 1 saturated carbocycles. The minimum absolute atomic E-state index is 0.216.